The van der Waals surface area contributed by atoms with Crippen molar-refractivity contribution in [2.75, 3.05) is 19.6 Å². The maximum absolute atomic E-state index is 9.84. The second-order valence-corrected chi connectivity index (χ2v) is 8.77. The highest BCUT2D eigenvalue weighted by atomic mass is 16.3. The molecule has 0 radical (unpaired) electrons. The topological polar surface area (TPSA) is 49.5 Å². The first-order chi connectivity index (χ1) is 12.0. The van der Waals surface area contributed by atoms with Crippen LogP contribution in [0.1, 0.15) is 64.4 Å². The number of piperidine rings is 1. The summed E-state index contributed by atoms with van der Waals surface area (Å²) in [6.07, 6.45) is 9.13. The summed E-state index contributed by atoms with van der Waals surface area (Å²) in [5.74, 6) is 1.72. The van der Waals surface area contributed by atoms with Gasteiger partial charge in [-0.2, -0.15) is 0 Å². The third-order valence-corrected chi connectivity index (χ3v) is 7.11. The largest absolute Gasteiger partial charge is 0.508 e. The zero-order chi connectivity index (χ0) is 17.9. The molecule has 1 aromatic rings. The van der Waals surface area contributed by atoms with Crippen molar-refractivity contribution < 1.29 is 5.11 Å². The van der Waals surface area contributed by atoms with Crippen LogP contribution in [0.15, 0.2) is 24.3 Å². The van der Waals surface area contributed by atoms with Crippen LogP contribution in [0.3, 0.4) is 0 Å². The van der Waals surface area contributed by atoms with Gasteiger partial charge in [0.2, 0.25) is 0 Å². The molecule has 1 unspecified atom stereocenters. The van der Waals surface area contributed by atoms with Crippen molar-refractivity contribution in [2.24, 2.45) is 17.6 Å². The van der Waals surface area contributed by atoms with Gasteiger partial charge in [-0.05, 0) is 73.7 Å². The number of aromatic hydroxyl groups is 1. The number of benzene rings is 1. The fourth-order valence-corrected chi connectivity index (χ4v) is 4.94. The van der Waals surface area contributed by atoms with Crippen LogP contribution in [0.2, 0.25) is 0 Å². The molecule has 0 aromatic heterocycles. The van der Waals surface area contributed by atoms with E-state index in [0.717, 1.165) is 38.4 Å². The number of phenols is 1. The Bertz CT molecular complexity index is 555. The predicted molar refractivity (Wildman–Crippen MR) is 105 cm³/mol. The van der Waals surface area contributed by atoms with Crippen molar-refractivity contribution in [3.05, 3.63) is 29.8 Å². The average Bonchev–Trinajstić information content (AvgIpc) is 2.63. The Kier molecular flexibility index (Phi) is 6.06. The van der Waals surface area contributed by atoms with Crippen molar-refractivity contribution >= 4 is 0 Å². The molecular formula is C22H36N2O. The molecular weight excluding hydrogens is 308 g/mol. The van der Waals surface area contributed by atoms with Gasteiger partial charge >= 0.3 is 0 Å². The number of phenolic OH excluding ortho intramolecular Hbond substituents is 1. The minimum atomic E-state index is 0.153. The average molecular weight is 345 g/mol. The molecule has 3 heteroatoms. The Morgan fingerprint density at radius 3 is 2.72 bits per heavy atom. The zero-order valence-corrected chi connectivity index (χ0v) is 16.1. The number of hydrogen-bond acceptors (Lipinski definition) is 3. The smallest absolute Gasteiger partial charge is 0.115 e. The van der Waals surface area contributed by atoms with Crippen LogP contribution in [0.25, 0.3) is 0 Å². The Morgan fingerprint density at radius 1 is 1.28 bits per heavy atom. The Morgan fingerprint density at radius 2 is 2.04 bits per heavy atom. The lowest BCUT2D eigenvalue weighted by Crippen LogP contribution is -2.48. The lowest BCUT2D eigenvalue weighted by atomic mass is 9.68. The molecule has 1 aromatic carbocycles. The summed E-state index contributed by atoms with van der Waals surface area (Å²) >= 11 is 0. The maximum Gasteiger partial charge on any atom is 0.115 e. The van der Waals surface area contributed by atoms with Gasteiger partial charge < -0.3 is 15.7 Å². The van der Waals surface area contributed by atoms with Crippen LogP contribution in [-0.2, 0) is 5.41 Å². The first-order valence-electron chi connectivity index (χ1n) is 10.3. The molecule has 140 valence electrons. The second kappa shape index (κ2) is 8.09. The fourth-order valence-electron chi connectivity index (χ4n) is 4.94. The summed E-state index contributed by atoms with van der Waals surface area (Å²) < 4.78 is 0. The van der Waals surface area contributed by atoms with Gasteiger partial charge in [0.15, 0.2) is 0 Å². The Labute approximate surface area is 153 Å². The molecule has 0 bridgehead atoms. The monoisotopic (exact) mass is 344 g/mol. The van der Waals surface area contributed by atoms with Crippen molar-refractivity contribution in [1.29, 1.82) is 0 Å². The lowest BCUT2D eigenvalue weighted by molar-refractivity contribution is 0.105. The molecule has 1 aliphatic heterocycles. The summed E-state index contributed by atoms with van der Waals surface area (Å²) in [7, 11) is 0. The van der Waals surface area contributed by atoms with E-state index in [1.807, 2.05) is 12.1 Å². The molecule has 3 N–H and O–H groups in total. The van der Waals surface area contributed by atoms with Gasteiger partial charge in [0, 0.05) is 12.6 Å². The predicted octanol–water partition coefficient (Wildman–Crippen LogP) is 4.29. The molecule has 2 fully saturated rings. The molecule has 0 spiro atoms. The molecule has 1 heterocycles. The van der Waals surface area contributed by atoms with E-state index >= 15 is 0 Å². The fraction of sp³-hybridized carbons (Fsp3) is 0.727. The standard InChI is InChI=1S/C22H36N2O/c1-17-16-24(13-11-21(23)18-7-4-3-5-8-18)14-12-22(17,2)19-9-6-10-20(25)15-19/h6,9-10,15,17-18,21,25H,3-5,7-8,11-14,16,23H2,1-2H3/t17-,21?,22-/m0/s1. The van der Waals surface area contributed by atoms with Crippen molar-refractivity contribution in [3.8, 4) is 5.75 Å². The summed E-state index contributed by atoms with van der Waals surface area (Å²) in [6.45, 7) is 8.12. The van der Waals surface area contributed by atoms with Crippen LogP contribution in [-0.4, -0.2) is 35.7 Å². The lowest BCUT2D eigenvalue weighted by Gasteiger charge is -2.45. The summed E-state index contributed by atoms with van der Waals surface area (Å²) in [5, 5.41) is 9.84. The van der Waals surface area contributed by atoms with Crippen molar-refractivity contribution in [1.82, 2.24) is 4.90 Å². The van der Waals surface area contributed by atoms with E-state index < -0.39 is 0 Å². The Hall–Kier alpha value is -1.06. The molecule has 25 heavy (non-hydrogen) atoms. The molecule has 1 saturated carbocycles. The number of nitrogens with two attached hydrogens (primary N) is 1. The number of nitrogens with zero attached hydrogens (tertiary/aromatic N) is 1. The summed E-state index contributed by atoms with van der Waals surface area (Å²) in [4.78, 5) is 2.61. The molecule has 2 aliphatic rings. The quantitative estimate of drug-likeness (QED) is 0.838. The molecule has 3 atom stereocenters. The summed E-state index contributed by atoms with van der Waals surface area (Å²) in [6, 6.07) is 8.24. The third kappa shape index (κ3) is 4.38. The number of hydrogen-bond donors (Lipinski definition) is 2. The van der Waals surface area contributed by atoms with Gasteiger partial charge in [-0.3, -0.25) is 0 Å². The summed E-state index contributed by atoms with van der Waals surface area (Å²) in [5.41, 5.74) is 7.94. The van der Waals surface area contributed by atoms with Gasteiger partial charge in [-0.1, -0.05) is 45.2 Å². The maximum atomic E-state index is 9.84. The van der Waals surface area contributed by atoms with Gasteiger partial charge in [-0.15, -0.1) is 0 Å². The van der Waals surface area contributed by atoms with E-state index in [1.165, 1.54) is 37.7 Å². The molecule has 0 amide bonds. The second-order valence-electron chi connectivity index (χ2n) is 8.77. The van der Waals surface area contributed by atoms with Crippen LogP contribution < -0.4 is 5.73 Å². The zero-order valence-electron chi connectivity index (χ0n) is 16.1. The molecule has 1 saturated heterocycles. The number of rotatable bonds is 5. The van der Waals surface area contributed by atoms with Crippen molar-refractivity contribution in [2.45, 2.75) is 70.3 Å². The van der Waals surface area contributed by atoms with E-state index in [4.69, 9.17) is 5.73 Å². The van der Waals surface area contributed by atoms with Crippen LogP contribution >= 0.6 is 0 Å². The SMILES string of the molecule is C[C@H]1CN(CCC(N)C2CCCCC2)CC[C@]1(C)c1cccc(O)c1. The van der Waals surface area contributed by atoms with E-state index in [1.54, 1.807) is 6.07 Å². The third-order valence-electron chi connectivity index (χ3n) is 7.11. The van der Waals surface area contributed by atoms with E-state index in [9.17, 15) is 5.11 Å². The van der Waals surface area contributed by atoms with Gasteiger partial charge in [0.25, 0.3) is 0 Å². The van der Waals surface area contributed by atoms with Crippen LogP contribution in [0.5, 0.6) is 5.75 Å². The van der Waals surface area contributed by atoms with Crippen LogP contribution in [0, 0.1) is 11.8 Å². The normalized spacial score (nSPS) is 30.3. The minimum Gasteiger partial charge on any atom is -0.508 e. The first kappa shape index (κ1) is 18.7. The molecule has 1 aliphatic carbocycles. The highest BCUT2D eigenvalue weighted by Crippen LogP contribution is 2.40. The minimum absolute atomic E-state index is 0.153. The molecule has 3 nitrogen and oxygen atoms in total. The van der Waals surface area contributed by atoms with Gasteiger partial charge in [-0.25, -0.2) is 0 Å². The first-order valence-corrected chi connectivity index (χ1v) is 10.3. The van der Waals surface area contributed by atoms with E-state index in [-0.39, 0.29) is 5.41 Å². The van der Waals surface area contributed by atoms with Gasteiger partial charge in [0.1, 0.15) is 5.75 Å². The molecule has 3 rings (SSSR count). The Balaban J connectivity index is 1.53. The van der Waals surface area contributed by atoms with Crippen molar-refractivity contribution in [3.63, 3.8) is 0 Å². The van der Waals surface area contributed by atoms with Crippen LogP contribution in [0.4, 0.5) is 0 Å². The highest BCUT2D eigenvalue weighted by molar-refractivity contribution is 5.33. The highest BCUT2D eigenvalue weighted by Gasteiger charge is 2.38. The van der Waals surface area contributed by atoms with E-state index in [2.05, 4.69) is 24.8 Å². The number of likely N-dealkylation sites (tertiary alicyclic amines) is 1. The van der Waals surface area contributed by atoms with E-state index in [0.29, 0.717) is 17.7 Å². The van der Waals surface area contributed by atoms with Gasteiger partial charge in [0.05, 0.1) is 0 Å².